The van der Waals surface area contributed by atoms with Crippen molar-refractivity contribution in [2.45, 2.75) is 24.3 Å². The van der Waals surface area contributed by atoms with Gasteiger partial charge in [0.25, 0.3) is 5.91 Å². The van der Waals surface area contributed by atoms with E-state index in [-0.39, 0.29) is 24.2 Å². The number of nitrogens with two attached hydrogens (primary N) is 1. The van der Waals surface area contributed by atoms with Gasteiger partial charge in [-0.05, 0) is 28.8 Å². The quantitative estimate of drug-likeness (QED) is 0.374. The third-order valence-corrected chi connectivity index (χ3v) is 5.65. The highest BCUT2D eigenvalue weighted by atomic mass is 32.5. The van der Waals surface area contributed by atoms with Crippen LogP contribution in [0.1, 0.15) is 27.2 Å². The molecular formula is C20H19F5N4O2S. The molecule has 0 radical (unpaired) electrons. The third kappa shape index (κ3) is 6.06. The molecule has 32 heavy (non-hydrogen) atoms. The Morgan fingerprint density at radius 1 is 0.938 bits per heavy atom. The number of Topliss-reactive ketones (excluding diaryl/α,β-unsaturated/α-hetero) is 1. The maximum Gasteiger partial charge on any atom is 0.310 e. The molecule has 3 aromatic rings. The van der Waals surface area contributed by atoms with Gasteiger partial charge in [-0.3, -0.25) is 14.7 Å². The molecule has 0 aliphatic heterocycles. The highest BCUT2D eigenvalue weighted by molar-refractivity contribution is 8.45. The molecule has 0 saturated heterocycles. The smallest absolute Gasteiger partial charge is 0.310 e. The summed E-state index contributed by atoms with van der Waals surface area (Å²) in [6, 6.07) is 9.52. The molecule has 0 aliphatic carbocycles. The normalized spacial score (nSPS) is 13.8. The SMILES string of the molecule is NC(=O)c1[nH]ncc1NCc1cccc(CC(=O)Cc2cccc(S(F)(F)(F)(F)F)c2)c1. The van der Waals surface area contributed by atoms with Crippen molar-refractivity contribution in [3.8, 4) is 0 Å². The first-order valence-electron chi connectivity index (χ1n) is 9.21. The number of nitrogens with one attached hydrogen (secondary N) is 2. The summed E-state index contributed by atoms with van der Waals surface area (Å²) in [5.41, 5.74) is 6.96. The number of ketones is 1. The minimum Gasteiger partial charge on any atom is -0.378 e. The molecule has 6 nitrogen and oxygen atoms in total. The number of H-pyrrole nitrogens is 1. The Bertz CT molecular complexity index is 1180. The van der Waals surface area contributed by atoms with Crippen molar-refractivity contribution < 1.29 is 29.0 Å². The molecular weight excluding hydrogens is 455 g/mol. The molecule has 0 bridgehead atoms. The molecule has 0 spiro atoms. The summed E-state index contributed by atoms with van der Waals surface area (Å²) in [5, 5.41) is 9.19. The fourth-order valence-electron chi connectivity index (χ4n) is 3.07. The number of benzene rings is 2. The maximum absolute atomic E-state index is 13.0. The van der Waals surface area contributed by atoms with E-state index in [9.17, 15) is 29.0 Å². The predicted molar refractivity (Wildman–Crippen MR) is 111 cm³/mol. The number of carbonyl (C=O) groups excluding carboxylic acids is 2. The van der Waals surface area contributed by atoms with Gasteiger partial charge in [0.15, 0.2) is 0 Å². The second-order valence-corrected chi connectivity index (χ2v) is 9.61. The number of nitrogens with zero attached hydrogens (tertiary/aromatic N) is 1. The first-order valence-corrected chi connectivity index (χ1v) is 11.2. The second kappa shape index (κ2) is 7.62. The Morgan fingerprint density at radius 2 is 1.53 bits per heavy atom. The standard InChI is InChI=1S/C20H19F5N4O2S/c21-32(22,23,24,25)17-6-2-4-14(10-17)9-16(30)8-13-3-1-5-15(7-13)11-27-18-12-28-29-19(18)20(26)31/h1-7,10,12,27H,8-9,11H2,(H2,26,31)(H,28,29). The number of amides is 1. The van der Waals surface area contributed by atoms with Crippen LogP contribution in [0.15, 0.2) is 59.6 Å². The van der Waals surface area contributed by atoms with E-state index in [2.05, 4.69) is 15.5 Å². The van der Waals surface area contributed by atoms with Crippen LogP contribution < -0.4 is 11.1 Å². The van der Waals surface area contributed by atoms with Crippen molar-refractivity contribution in [2.24, 2.45) is 5.73 Å². The van der Waals surface area contributed by atoms with Crippen molar-refractivity contribution in [2.75, 3.05) is 5.32 Å². The lowest BCUT2D eigenvalue weighted by molar-refractivity contribution is -0.117. The number of anilines is 1. The van der Waals surface area contributed by atoms with Gasteiger partial charge in [-0.1, -0.05) is 55.8 Å². The van der Waals surface area contributed by atoms with Gasteiger partial charge in [-0.2, -0.15) is 5.10 Å². The Kier molecular flexibility index (Phi) is 5.54. The highest BCUT2D eigenvalue weighted by Gasteiger charge is 2.65. The van der Waals surface area contributed by atoms with Crippen LogP contribution in [0.2, 0.25) is 0 Å². The number of halogens is 5. The molecule has 3 rings (SSSR count). The molecule has 0 saturated carbocycles. The Morgan fingerprint density at radius 3 is 2.16 bits per heavy atom. The fraction of sp³-hybridized carbons (Fsp3) is 0.150. The van der Waals surface area contributed by atoms with Gasteiger partial charge >= 0.3 is 10.2 Å². The molecule has 1 heterocycles. The number of carbonyl (C=O) groups is 2. The summed E-state index contributed by atoms with van der Waals surface area (Å²) >= 11 is 0. The molecule has 172 valence electrons. The van der Waals surface area contributed by atoms with E-state index in [1.54, 1.807) is 24.3 Å². The highest BCUT2D eigenvalue weighted by Crippen LogP contribution is 3.02. The average molecular weight is 474 g/mol. The summed E-state index contributed by atoms with van der Waals surface area (Å²) in [6.45, 7) is 0.286. The lowest BCUT2D eigenvalue weighted by Crippen LogP contribution is -2.14. The van der Waals surface area contributed by atoms with Crippen LogP contribution >= 0.6 is 10.2 Å². The van der Waals surface area contributed by atoms with Crippen molar-refractivity contribution in [3.63, 3.8) is 0 Å². The number of rotatable bonds is 9. The van der Waals surface area contributed by atoms with Crippen LogP contribution in [0.3, 0.4) is 0 Å². The molecule has 0 atom stereocenters. The summed E-state index contributed by atoms with van der Waals surface area (Å²) in [6.07, 6.45) is 0.891. The largest absolute Gasteiger partial charge is 0.378 e. The lowest BCUT2D eigenvalue weighted by atomic mass is 10.0. The van der Waals surface area contributed by atoms with Gasteiger partial charge in [0.1, 0.15) is 16.4 Å². The van der Waals surface area contributed by atoms with E-state index in [1.165, 1.54) is 12.3 Å². The number of hydrogen-bond donors (Lipinski definition) is 3. The van der Waals surface area contributed by atoms with Crippen molar-refractivity contribution in [1.82, 2.24) is 10.2 Å². The molecule has 0 unspecified atom stereocenters. The second-order valence-electron chi connectivity index (χ2n) is 7.21. The van der Waals surface area contributed by atoms with Gasteiger partial charge in [0.05, 0.1) is 11.9 Å². The van der Waals surface area contributed by atoms with Crippen LogP contribution in [0.25, 0.3) is 0 Å². The third-order valence-electron chi connectivity index (χ3n) is 4.51. The Balaban J connectivity index is 1.65. The zero-order valence-electron chi connectivity index (χ0n) is 16.5. The van der Waals surface area contributed by atoms with Crippen LogP contribution in [0, 0.1) is 0 Å². The Labute approximate surface area is 179 Å². The van der Waals surface area contributed by atoms with E-state index >= 15 is 0 Å². The monoisotopic (exact) mass is 474 g/mol. The molecule has 2 aromatic carbocycles. The Hall–Kier alpha value is -3.41. The molecule has 0 fully saturated rings. The molecule has 1 aromatic heterocycles. The summed E-state index contributed by atoms with van der Waals surface area (Å²) in [7, 11) is -9.81. The summed E-state index contributed by atoms with van der Waals surface area (Å²) in [4.78, 5) is 21.6. The molecule has 4 N–H and O–H groups in total. The van der Waals surface area contributed by atoms with Gasteiger partial charge in [-0.15, -0.1) is 0 Å². The minimum atomic E-state index is -9.81. The van der Waals surface area contributed by atoms with Gasteiger partial charge in [-0.25, -0.2) is 0 Å². The minimum absolute atomic E-state index is 0.0906. The zero-order chi connectivity index (χ0) is 23.6. The van der Waals surface area contributed by atoms with Crippen LogP contribution in [-0.4, -0.2) is 21.9 Å². The van der Waals surface area contributed by atoms with Gasteiger partial charge in [0, 0.05) is 19.4 Å². The van der Waals surface area contributed by atoms with E-state index in [0.29, 0.717) is 23.4 Å². The molecule has 12 heteroatoms. The predicted octanol–water partition coefficient (Wildman–Crippen LogP) is 5.13. The zero-order valence-corrected chi connectivity index (χ0v) is 17.3. The number of aromatic amines is 1. The van der Waals surface area contributed by atoms with E-state index in [4.69, 9.17) is 5.73 Å². The topological polar surface area (TPSA) is 101 Å². The first-order chi connectivity index (χ1) is 14.7. The van der Waals surface area contributed by atoms with Crippen molar-refractivity contribution in [1.29, 1.82) is 0 Å². The van der Waals surface area contributed by atoms with E-state index in [0.717, 1.165) is 11.6 Å². The summed E-state index contributed by atoms with van der Waals surface area (Å²) < 4.78 is 64.9. The average Bonchev–Trinajstić information content (AvgIpc) is 3.14. The number of hydrogen-bond acceptors (Lipinski definition) is 4. The van der Waals surface area contributed by atoms with E-state index < -0.39 is 33.2 Å². The number of primary amides is 1. The fourth-order valence-corrected chi connectivity index (χ4v) is 3.78. The van der Waals surface area contributed by atoms with E-state index in [1.807, 2.05) is 0 Å². The molecule has 0 aliphatic rings. The van der Waals surface area contributed by atoms with Crippen LogP contribution in [0.5, 0.6) is 0 Å². The van der Waals surface area contributed by atoms with Crippen LogP contribution in [-0.2, 0) is 24.2 Å². The van der Waals surface area contributed by atoms with Crippen LogP contribution in [0.4, 0.5) is 25.1 Å². The van der Waals surface area contributed by atoms with Gasteiger partial charge < -0.3 is 11.1 Å². The van der Waals surface area contributed by atoms with Crippen molar-refractivity contribution >= 4 is 27.6 Å². The summed E-state index contributed by atoms with van der Waals surface area (Å²) in [5.74, 6) is -1.11. The lowest BCUT2D eigenvalue weighted by Gasteiger charge is -2.40. The first kappa shape index (κ1) is 23.3. The number of aromatic nitrogens is 2. The molecule has 1 amide bonds. The van der Waals surface area contributed by atoms with Crippen molar-refractivity contribution in [3.05, 3.63) is 77.1 Å². The maximum atomic E-state index is 13.0. The van der Waals surface area contributed by atoms with Gasteiger partial charge in [0.2, 0.25) is 0 Å².